The molecule has 1 unspecified atom stereocenters. The standard InChI is InChI=1S/C12H20N4O/c1-10(7-16-6-5-14-9-16)15-11(17)12(8-13)3-2-4-12/h5-6,9-10H,2-4,7-8,13H2,1H3,(H,15,17). The van der Waals surface area contributed by atoms with E-state index in [4.69, 9.17) is 5.73 Å². The summed E-state index contributed by atoms with van der Waals surface area (Å²) in [5.74, 6) is 0.110. The molecule has 1 saturated carbocycles. The number of amides is 1. The van der Waals surface area contributed by atoms with Crippen molar-refractivity contribution in [3.05, 3.63) is 18.7 Å². The molecule has 1 atom stereocenters. The molecule has 0 aromatic carbocycles. The topological polar surface area (TPSA) is 72.9 Å². The highest BCUT2D eigenvalue weighted by Crippen LogP contribution is 2.40. The van der Waals surface area contributed by atoms with Crippen molar-refractivity contribution in [1.82, 2.24) is 14.9 Å². The highest BCUT2D eigenvalue weighted by atomic mass is 16.2. The summed E-state index contributed by atoms with van der Waals surface area (Å²) in [4.78, 5) is 16.1. The second kappa shape index (κ2) is 4.87. The minimum atomic E-state index is -0.288. The number of carbonyl (C=O) groups excluding carboxylic acids is 1. The minimum Gasteiger partial charge on any atom is -0.351 e. The summed E-state index contributed by atoms with van der Waals surface area (Å²) in [6.07, 6.45) is 8.35. The van der Waals surface area contributed by atoms with Crippen molar-refractivity contribution in [1.29, 1.82) is 0 Å². The molecule has 1 aromatic rings. The van der Waals surface area contributed by atoms with Crippen LogP contribution in [-0.4, -0.2) is 28.0 Å². The largest absolute Gasteiger partial charge is 0.351 e. The molecular weight excluding hydrogens is 216 g/mol. The van der Waals surface area contributed by atoms with Crippen molar-refractivity contribution in [3.63, 3.8) is 0 Å². The van der Waals surface area contributed by atoms with Crippen LogP contribution in [-0.2, 0) is 11.3 Å². The summed E-state index contributed by atoms with van der Waals surface area (Å²) in [5.41, 5.74) is 5.42. The fourth-order valence-corrected chi connectivity index (χ4v) is 2.26. The number of aromatic nitrogens is 2. The third kappa shape index (κ3) is 2.49. The third-order valence-electron chi connectivity index (χ3n) is 3.60. The van der Waals surface area contributed by atoms with E-state index < -0.39 is 0 Å². The Labute approximate surface area is 101 Å². The van der Waals surface area contributed by atoms with Gasteiger partial charge in [-0.1, -0.05) is 6.42 Å². The van der Waals surface area contributed by atoms with Gasteiger partial charge in [0.1, 0.15) is 0 Å². The summed E-state index contributed by atoms with van der Waals surface area (Å²) in [5, 5.41) is 3.04. The predicted molar refractivity (Wildman–Crippen MR) is 65.2 cm³/mol. The average molecular weight is 236 g/mol. The van der Waals surface area contributed by atoms with E-state index in [1.54, 1.807) is 12.5 Å². The number of nitrogens with zero attached hydrogens (tertiary/aromatic N) is 2. The van der Waals surface area contributed by atoms with E-state index >= 15 is 0 Å². The fourth-order valence-electron chi connectivity index (χ4n) is 2.26. The zero-order valence-electron chi connectivity index (χ0n) is 10.2. The smallest absolute Gasteiger partial charge is 0.227 e. The van der Waals surface area contributed by atoms with Gasteiger partial charge in [0.15, 0.2) is 0 Å². The van der Waals surface area contributed by atoms with E-state index in [9.17, 15) is 4.79 Å². The highest BCUT2D eigenvalue weighted by molar-refractivity contribution is 5.84. The zero-order valence-corrected chi connectivity index (χ0v) is 10.2. The monoisotopic (exact) mass is 236 g/mol. The van der Waals surface area contributed by atoms with Crippen LogP contribution in [0, 0.1) is 5.41 Å². The molecule has 94 valence electrons. The number of nitrogens with one attached hydrogen (secondary N) is 1. The van der Waals surface area contributed by atoms with Gasteiger partial charge in [-0.15, -0.1) is 0 Å². The number of hydrogen-bond acceptors (Lipinski definition) is 3. The molecule has 1 heterocycles. The van der Waals surface area contributed by atoms with Crippen LogP contribution in [0.1, 0.15) is 26.2 Å². The van der Waals surface area contributed by atoms with Crippen LogP contribution in [0.3, 0.4) is 0 Å². The summed E-state index contributed by atoms with van der Waals surface area (Å²) in [7, 11) is 0. The van der Waals surface area contributed by atoms with Crippen LogP contribution >= 0.6 is 0 Å². The molecule has 3 N–H and O–H groups in total. The van der Waals surface area contributed by atoms with Crippen LogP contribution in [0.5, 0.6) is 0 Å². The van der Waals surface area contributed by atoms with Gasteiger partial charge < -0.3 is 15.6 Å². The van der Waals surface area contributed by atoms with Gasteiger partial charge in [-0.2, -0.15) is 0 Å². The maximum atomic E-state index is 12.1. The Hall–Kier alpha value is -1.36. The van der Waals surface area contributed by atoms with Gasteiger partial charge in [0, 0.05) is 31.5 Å². The SMILES string of the molecule is CC(Cn1ccnc1)NC(=O)C1(CN)CCC1. The normalized spacial score (nSPS) is 19.4. The first-order chi connectivity index (χ1) is 8.16. The maximum absolute atomic E-state index is 12.1. The van der Waals surface area contributed by atoms with Crippen molar-refractivity contribution >= 4 is 5.91 Å². The number of imidazole rings is 1. The van der Waals surface area contributed by atoms with Crippen molar-refractivity contribution in [2.45, 2.75) is 38.8 Å². The van der Waals surface area contributed by atoms with E-state index in [1.165, 1.54) is 0 Å². The second-order valence-corrected chi connectivity index (χ2v) is 4.97. The quantitative estimate of drug-likeness (QED) is 0.782. The van der Waals surface area contributed by atoms with Crippen molar-refractivity contribution < 1.29 is 4.79 Å². The van der Waals surface area contributed by atoms with E-state index in [-0.39, 0.29) is 17.4 Å². The van der Waals surface area contributed by atoms with Crippen LogP contribution in [0.25, 0.3) is 0 Å². The lowest BCUT2D eigenvalue weighted by Gasteiger charge is -2.39. The lowest BCUT2D eigenvalue weighted by Crippen LogP contribution is -2.52. The molecule has 2 rings (SSSR count). The molecule has 1 aromatic heterocycles. The predicted octanol–water partition coefficient (Wildman–Crippen LogP) is 0.517. The summed E-state index contributed by atoms with van der Waals surface area (Å²) in [6, 6.07) is 0.0979. The Morgan fingerprint density at radius 2 is 2.41 bits per heavy atom. The molecular formula is C12H20N4O. The van der Waals surface area contributed by atoms with Crippen molar-refractivity contribution in [2.75, 3.05) is 6.54 Å². The number of carbonyl (C=O) groups is 1. The average Bonchev–Trinajstić information content (AvgIpc) is 2.69. The van der Waals surface area contributed by atoms with Crippen LogP contribution in [0.2, 0.25) is 0 Å². The molecule has 5 heteroatoms. The molecule has 0 spiro atoms. The number of hydrogen-bond donors (Lipinski definition) is 2. The first kappa shape index (κ1) is 12.1. The molecule has 0 radical (unpaired) electrons. The Kier molecular flexibility index (Phi) is 3.47. The van der Waals surface area contributed by atoms with Crippen LogP contribution in [0.4, 0.5) is 0 Å². The summed E-state index contributed by atoms with van der Waals surface area (Å²) < 4.78 is 1.96. The number of nitrogens with two attached hydrogens (primary N) is 1. The zero-order chi connectivity index (χ0) is 12.3. The fraction of sp³-hybridized carbons (Fsp3) is 0.667. The third-order valence-corrected chi connectivity index (χ3v) is 3.60. The molecule has 1 aliphatic carbocycles. The van der Waals surface area contributed by atoms with Gasteiger partial charge in [-0.05, 0) is 19.8 Å². The van der Waals surface area contributed by atoms with Gasteiger partial charge in [0.25, 0.3) is 0 Å². The van der Waals surface area contributed by atoms with Gasteiger partial charge in [0.2, 0.25) is 5.91 Å². The first-order valence-corrected chi connectivity index (χ1v) is 6.13. The lowest BCUT2D eigenvalue weighted by molar-refractivity contribution is -0.135. The molecule has 0 saturated heterocycles. The molecule has 0 aliphatic heterocycles. The minimum absolute atomic E-state index is 0.0979. The van der Waals surface area contributed by atoms with Crippen LogP contribution < -0.4 is 11.1 Å². The van der Waals surface area contributed by atoms with Gasteiger partial charge in [0.05, 0.1) is 11.7 Å². The van der Waals surface area contributed by atoms with Gasteiger partial charge in [-0.25, -0.2) is 4.98 Å². The highest BCUT2D eigenvalue weighted by Gasteiger charge is 2.42. The van der Waals surface area contributed by atoms with E-state index in [0.29, 0.717) is 6.54 Å². The molecule has 5 nitrogen and oxygen atoms in total. The Balaban J connectivity index is 1.86. The van der Waals surface area contributed by atoms with E-state index in [1.807, 2.05) is 17.7 Å². The van der Waals surface area contributed by atoms with Crippen molar-refractivity contribution in [2.24, 2.45) is 11.1 Å². The summed E-state index contributed by atoms with van der Waals surface area (Å²) in [6.45, 7) is 3.20. The maximum Gasteiger partial charge on any atom is 0.227 e. The molecule has 17 heavy (non-hydrogen) atoms. The summed E-state index contributed by atoms with van der Waals surface area (Å²) >= 11 is 0. The first-order valence-electron chi connectivity index (χ1n) is 6.13. The van der Waals surface area contributed by atoms with Crippen molar-refractivity contribution in [3.8, 4) is 0 Å². The van der Waals surface area contributed by atoms with Crippen LogP contribution in [0.15, 0.2) is 18.7 Å². The molecule has 1 amide bonds. The molecule has 1 aliphatic rings. The number of rotatable bonds is 5. The Bertz CT molecular complexity index is 364. The molecule has 0 bridgehead atoms. The van der Waals surface area contributed by atoms with E-state index in [2.05, 4.69) is 10.3 Å². The van der Waals surface area contributed by atoms with Gasteiger partial charge >= 0.3 is 0 Å². The molecule has 1 fully saturated rings. The Morgan fingerprint density at radius 1 is 1.65 bits per heavy atom. The Morgan fingerprint density at radius 3 is 2.88 bits per heavy atom. The lowest BCUT2D eigenvalue weighted by atomic mass is 9.68. The second-order valence-electron chi connectivity index (χ2n) is 4.97. The van der Waals surface area contributed by atoms with E-state index in [0.717, 1.165) is 25.8 Å². The van der Waals surface area contributed by atoms with Gasteiger partial charge in [-0.3, -0.25) is 4.79 Å².